The Hall–Kier alpha value is -1.35. The lowest BCUT2D eigenvalue weighted by atomic mass is 10.1. The average molecular weight is 348 g/mol. The Morgan fingerprint density at radius 2 is 1.48 bits per heavy atom. The number of aliphatic hydroxyl groups excluding tert-OH is 1. The molecule has 1 amide bonds. The Labute approximate surface area is 154 Å². The van der Waals surface area contributed by atoms with Gasteiger partial charge in [-0.3, -0.25) is 4.79 Å². The highest BCUT2D eigenvalue weighted by atomic mass is 16.3. The maximum absolute atomic E-state index is 12.4. The van der Waals surface area contributed by atoms with Gasteiger partial charge in [-0.25, -0.2) is 0 Å². The number of unbranched alkanes of at least 4 members (excludes halogenated alkanes) is 8. The van der Waals surface area contributed by atoms with Crippen LogP contribution < -0.4 is 0 Å². The Kier molecular flexibility index (Phi) is 13.0. The fourth-order valence-electron chi connectivity index (χ4n) is 3.14. The van der Waals surface area contributed by atoms with Crippen LogP contribution in [0.3, 0.4) is 0 Å². The number of amides is 1. The molecule has 3 heteroatoms. The summed E-state index contributed by atoms with van der Waals surface area (Å²) in [6.07, 6.45) is 12.8. The minimum Gasteiger partial charge on any atom is -0.395 e. The molecular weight excluding hydrogens is 310 g/mol. The fraction of sp³-hybridized carbons (Fsp3) is 0.682. The van der Waals surface area contributed by atoms with Gasteiger partial charge < -0.3 is 10.0 Å². The molecule has 142 valence electrons. The summed E-state index contributed by atoms with van der Waals surface area (Å²) in [5.41, 5.74) is 1.24. The SMILES string of the molecule is CCCCCCCCCCCC(=O)N(CCO)CCc1ccccc1. The predicted octanol–water partition coefficient (Wildman–Crippen LogP) is 4.97. The van der Waals surface area contributed by atoms with Crippen LogP contribution in [0.1, 0.15) is 76.7 Å². The summed E-state index contributed by atoms with van der Waals surface area (Å²) < 4.78 is 0. The van der Waals surface area contributed by atoms with Gasteiger partial charge >= 0.3 is 0 Å². The molecule has 0 unspecified atom stereocenters. The summed E-state index contributed by atoms with van der Waals surface area (Å²) in [6.45, 7) is 3.43. The second-order valence-corrected chi connectivity index (χ2v) is 6.92. The van der Waals surface area contributed by atoms with Crippen LogP contribution in [0.15, 0.2) is 30.3 Å². The monoisotopic (exact) mass is 347 g/mol. The van der Waals surface area contributed by atoms with Crippen molar-refractivity contribution in [2.75, 3.05) is 19.7 Å². The zero-order valence-corrected chi connectivity index (χ0v) is 16.1. The predicted molar refractivity (Wildman–Crippen MR) is 106 cm³/mol. The quantitative estimate of drug-likeness (QED) is 0.455. The average Bonchev–Trinajstić information content (AvgIpc) is 2.64. The van der Waals surface area contributed by atoms with Gasteiger partial charge in [0.2, 0.25) is 5.91 Å². The molecule has 0 aromatic heterocycles. The smallest absolute Gasteiger partial charge is 0.222 e. The van der Waals surface area contributed by atoms with E-state index in [1.807, 2.05) is 23.1 Å². The third-order valence-corrected chi connectivity index (χ3v) is 4.73. The van der Waals surface area contributed by atoms with Crippen molar-refractivity contribution in [2.45, 2.75) is 77.6 Å². The van der Waals surface area contributed by atoms with Crippen LogP contribution in [-0.4, -0.2) is 35.6 Å². The molecule has 0 heterocycles. The molecule has 0 saturated heterocycles. The molecule has 0 fully saturated rings. The van der Waals surface area contributed by atoms with Crippen molar-refractivity contribution in [1.29, 1.82) is 0 Å². The van der Waals surface area contributed by atoms with Crippen molar-refractivity contribution < 1.29 is 9.90 Å². The molecular formula is C22H37NO2. The minimum absolute atomic E-state index is 0.0400. The molecule has 25 heavy (non-hydrogen) atoms. The molecule has 0 atom stereocenters. The molecule has 0 spiro atoms. The number of benzene rings is 1. The zero-order chi connectivity index (χ0) is 18.2. The summed E-state index contributed by atoms with van der Waals surface area (Å²) in [6, 6.07) is 10.2. The molecule has 0 aliphatic heterocycles. The first-order valence-electron chi connectivity index (χ1n) is 10.2. The molecule has 1 aromatic carbocycles. The number of hydrogen-bond donors (Lipinski definition) is 1. The van der Waals surface area contributed by atoms with E-state index in [0.29, 0.717) is 19.5 Å². The van der Waals surface area contributed by atoms with Crippen LogP contribution in [0.5, 0.6) is 0 Å². The molecule has 3 nitrogen and oxygen atoms in total. The van der Waals surface area contributed by atoms with E-state index in [1.54, 1.807) is 0 Å². The molecule has 0 radical (unpaired) electrons. The van der Waals surface area contributed by atoms with Crippen molar-refractivity contribution in [3.63, 3.8) is 0 Å². The molecule has 1 aromatic rings. The summed E-state index contributed by atoms with van der Waals surface area (Å²) in [4.78, 5) is 14.2. The Bertz CT molecular complexity index is 433. The molecule has 1 N–H and O–H groups in total. The van der Waals surface area contributed by atoms with Gasteiger partial charge in [0.15, 0.2) is 0 Å². The fourth-order valence-corrected chi connectivity index (χ4v) is 3.14. The minimum atomic E-state index is 0.0400. The highest BCUT2D eigenvalue weighted by Crippen LogP contribution is 2.11. The zero-order valence-electron chi connectivity index (χ0n) is 16.1. The Morgan fingerprint density at radius 3 is 2.08 bits per heavy atom. The van der Waals surface area contributed by atoms with E-state index in [-0.39, 0.29) is 12.5 Å². The van der Waals surface area contributed by atoms with E-state index in [0.717, 1.165) is 19.3 Å². The van der Waals surface area contributed by atoms with Crippen LogP contribution in [0.25, 0.3) is 0 Å². The molecule has 0 aliphatic carbocycles. The number of rotatable bonds is 15. The summed E-state index contributed by atoms with van der Waals surface area (Å²) in [7, 11) is 0. The highest BCUT2D eigenvalue weighted by molar-refractivity contribution is 5.76. The lowest BCUT2D eigenvalue weighted by Gasteiger charge is -2.22. The maximum Gasteiger partial charge on any atom is 0.222 e. The van der Waals surface area contributed by atoms with Crippen molar-refractivity contribution >= 4 is 5.91 Å². The van der Waals surface area contributed by atoms with Gasteiger partial charge in [-0.1, -0.05) is 88.6 Å². The number of aliphatic hydroxyl groups is 1. The summed E-state index contributed by atoms with van der Waals surface area (Å²) in [5.74, 6) is 0.188. The van der Waals surface area contributed by atoms with Crippen LogP contribution in [-0.2, 0) is 11.2 Å². The van der Waals surface area contributed by atoms with Crippen LogP contribution in [0, 0.1) is 0 Å². The Balaban J connectivity index is 2.14. The first-order valence-corrected chi connectivity index (χ1v) is 10.2. The van der Waals surface area contributed by atoms with Crippen molar-refractivity contribution in [3.8, 4) is 0 Å². The van der Waals surface area contributed by atoms with Crippen LogP contribution in [0.4, 0.5) is 0 Å². The van der Waals surface area contributed by atoms with E-state index < -0.39 is 0 Å². The van der Waals surface area contributed by atoms with Gasteiger partial charge in [0.1, 0.15) is 0 Å². The van der Waals surface area contributed by atoms with E-state index >= 15 is 0 Å². The van der Waals surface area contributed by atoms with E-state index in [2.05, 4.69) is 19.1 Å². The van der Waals surface area contributed by atoms with Gasteiger partial charge in [-0.05, 0) is 18.4 Å². The molecule has 0 bridgehead atoms. The Morgan fingerprint density at radius 1 is 0.880 bits per heavy atom. The van der Waals surface area contributed by atoms with Gasteiger partial charge in [-0.15, -0.1) is 0 Å². The second-order valence-electron chi connectivity index (χ2n) is 6.92. The van der Waals surface area contributed by atoms with Gasteiger partial charge in [-0.2, -0.15) is 0 Å². The summed E-state index contributed by atoms with van der Waals surface area (Å²) in [5, 5.41) is 9.22. The molecule has 0 saturated carbocycles. The lowest BCUT2D eigenvalue weighted by molar-refractivity contribution is -0.131. The van der Waals surface area contributed by atoms with E-state index in [1.165, 1.54) is 50.5 Å². The normalized spacial score (nSPS) is 10.8. The van der Waals surface area contributed by atoms with Crippen molar-refractivity contribution in [1.82, 2.24) is 4.90 Å². The number of carbonyl (C=O) groups is 1. The maximum atomic E-state index is 12.4. The first kappa shape index (κ1) is 21.7. The summed E-state index contributed by atoms with van der Waals surface area (Å²) >= 11 is 0. The van der Waals surface area contributed by atoms with E-state index in [9.17, 15) is 9.90 Å². The second kappa shape index (κ2) is 14.9. The third kappa shape index (κ3) is 11.0. The topological polar surface area (TPSA) is 40.5 Å². The van der Waals surface area contributed by atoms with Crippen molar-refractivity contribution in [3.05, 3.63) is 35.9 Å². The van der Waals surface area contributed by atoms with Crippen LogP contribution in [0.2, 0.25) is 0 Å². The highest BCUT2D eigenvalue weighted by Gasteiger charge is 2.12. The van der Waals surface area contributed by atoms with Gasteiger partial charge in [0, 0.05) is 19.5 Å². The van der Waals surface area contributed by atoms with Gasteiger partial charge in [0.25, 0.3) is 0 Å². The standard InChI is InChI=1S/C22H37NO2/c1-2-3-4-5-6-7-8-9-13-16-22(25)23(19-20-24)18-17-21-14-11-10-12-15-21/h10-12,14-15,24H,2-9,13,16-20H2,1H3. The van der Waals surface area contributed by atoms with Crippen LogP contribution >= 0.6 is 0 Å². The van der Waals surface area contributed by atoms with E-state index in [4.69, 9.17) is 0 Å². The first-order chi connectivity index (χ1) is 12.3. The molecule has 1 rings (SSSR count). The number of nitrogens with zero attached hydrogens (tertiary/aromatic N) is 1. The molecule has 0 aliphatic rings. The van der Waals surface area contributed by atoms with Crippen molar-refractivity contribution in [2.24, 2.45) is 0 Å². The largest absolute Gasteiger partial charge is 0.395 e. The lowest BCUT2D eigenvalue weighted by Crippen LogP contribution is -2.35. The van der Waals surface area contributed by atoms with Gasteiger partial charge in [0.05, 0.1) is 6.61 Å². The third-order valence-electron chi connectivity index (χ3n) is 4.73. The number of carbonyl (C=O) groups excluding carboxylic acids is 1. The number of hydrogen-bond acceptors (Lipinski definition) is 2.